The van der Waals surface area contributed by atoms with Gasteiger partial charge in [-0.3, -0.25) is 14.5 Å². The van der Waals surface area contributed by atoms with Crippen molar-refractivity contribution in [2.24, 2.45) is 4.99 Å². The molecular formula is C23H22FN3O4S. The number of nitrogens with zero attached hydrogens (tertiary/aromatic N) is 2. The van der Waals surface area contributed by atoms with Crippen LogP contribution >= 0.6 is 11.8 Å². The average Bonchev–Trinajstić information content (AvgIpc) is 2.78. The monoisotopic (exact) mass is 455 g/mol. The van der Waals surface area contributed by atoms with Gasteiger partial charge in [0.25, 0.3) is 0 Å². The summed E-state index contributed by atoms with van der Waals surface area (Å²) in [6.45, 7) is 5.83. The van der Waals surface area contributed by atoms with E-state index in [4.69, 9.17) is 4.74 Å². The fourth-order valence-electron chi connectivity index (χ4n) is 2.92. The number of halogens is 1. The van der Waals surface area contributed by atoms with Crippen LogP contribution in [0.15, 0.2) is 66.2 Å². The summed E-state index contributed by atoms with van der Waals surface area (Å²) in [6, 6.07) is 12.2. The zero-order valence-electron chi connectivity index (χ0n) is 17.4. The van der Waals surface area contributed by atoms with Crippen LogP contribution in [0.5, 0.6) is 0 Å². The van der Waals surface area contributed by atoms with E-state index in [9.17, 15) is 18.8 Å². The third kappa shape index (κ3) is 5.61. The number of esters is 1. The molecule has 32 heavy (non-hydrogen) atoms. The normalized spacial score (nSPS) is 17.2. The number of carbonyl (C=O) groups is 3. The number of amidine groups is 1. The summed E-state index contributed by atoms with van der Waals surface area (Å²) >= 11 is 1.08. The van der Waals surface area contributed by atoms with Crippen molar-refractivity contribution in [1.29, 1.82) is 0 Å². The van der Waals surface area contributed by atoms with Crippen LogP contribution in [-0.4, -0.2) is 46.3 Å². The van der Waals surface area contributed by atoms with Crippen LogP contribution in [-0.2, 0) is 14.3 Å². The third-order valence-electron chi connectivity index (χ3n) is 4.48. The van der Waals surface area contributed by atoms with Crippen molar-refractivity contribution in [2.45, 2.75) is 18.6 Å². The molecule has 0 spiro atoms. The number of anilines is 1. The number of benzene rings is 2. The smallest absolute Gasteiger partial charge is 0.338 e. The molecule has 0 radical (unpaired) electrons. The number of hydrogen-bond acceptors (Lipinski definition) is 6. The molecule has 0 saturated carbocycles. The second-order valence-electron chi connectivity index (χ2n) is 6.74. The zero-order chi connectivity index (χ0) is 23.1. The van der Waals surface area contributed by atoms with Crippen molar-refractivity contribution in [3.8, 4) is 0 Å². The van der Waals surface area contributed by atoms with E-state index in [1.54, 1.807) is 49.4 Å². The topological polar surface area (TPSA) is 88.1 Å². The molecule has 166 valence electrons. The Balaban J connectivity index is 1.77. The Morgan fingerprint density at radius 1 is 1.28 bits per heavy atom. The first-order valence-electron chi connectivity index (χ1n) is 9.92. The van der Waals surface area contributed by atoms with Crippen LogP contribution in [0, 0.1) is 5.82 Å². The molecule has 1 N–H and O–H groups in total. The standard InChI is InChI=1S/C23H22FN3O4S/c1-3-13-27-20(28)14-19(32-23(27)26-18-8-6-5-7-17(18)24)21(29)25-16-11-9-15(10-12-16)22(30)31-4-2/h3,5-12,19H,1,4,13-14H2,2H3,(H,25,29). The maximum atomic E-state index is 14.1. The summed E-state index contributed by atoms with van der Waals surface area (Å²) in [5.74, 6) is -1.68. The van der Waals surface area contributed by atoms with Gasteiger partial charge >= 0.3 is 5.97 Å². The average molecular weight is 456 g/mol. The van der Waals surface area contributed by atoms with Gasteiger partial charge in [-0.2, -0.15) is 0 Å². The van der Waals surface area contributed by atoms with Gasteiger partial charge in [-0.05, 0) is 43.3 Å². The van der Waals surface area contributed by atoms with Crippen molar-refractivity contribution >= 4 is 46.1 Å². The Labute approximate surface area is 189 Å². The molecule has 1 unspecified atom stereocenters. The lowest BCUT2D eigenvalue weighted by Gasteiger charge is -2.31. The quantitative estimate of drug-likeness (QED) is 0.501. The minimum atomic E-state index is -0.751. The van der Waals surface area contributed by atoms with E-state index in [1.807, 2.05) is 0 Å². The van der Waals surface area contributed by atoms with Crippen molar-refractivity contribution in [1.82, 2.24) is 4.90 Å². The number of rotatable bonds is 7. The first-order chi connectivity index (χ1) is 15.4. The molecule has 1 aliphatic heterocycles. The van der Waals surface area contributed by atoms with Gasteiger partial charge in [0, 0.05) is 18.7 Å². The molecule has 1 fully saturated rings. The second kappa shape index (κ2) is 10.7. The first kappa shape index (κ1) is 23.2. The predicted octanol–water partition coefficient (Wildman–Crippen LogP) is 4.15. The maximum Gasteiger partial charge on any atom is 0.338 e. The Hall–Kier alpha value is -3.46. The van der Waals surface area contributed by atoms with E-state index >= 15 is 0 Å². The SMILES string of the molecule is C=CCN1C(=O)CC(C(=O)Nc2ccc(C(=O)OCC)cc2)SC1=Nc1ccccc1F. The number of hydrogen-bond donors (Lipinski definition) is 1. The maximum absolute atomic E-state index is 14.1. The van der Waals surface area contributed by atoms with Crippen molar-refractivity contribution < 1.29 is 23.5 Å². The Kier molecular flexibility index (Phi) is 7.77. The summed E-state index contributed by atoms with van der Waals surface area (Å²) in [7, 11) is 0. The van der Waals surface area contributed by atoms with Gasteiger partial charge in [-0.25, -0.2) is 14.2 Å². The van der Waals surface area contributed by atoms with Crippen LogP contribution in [0.1, 0.15) is 23.7 Å². The lowest BCUT2D eigenvalue weighted by molar-refractivity contribution is -0.129. The van der Waals surface area contributed by atoms with Gasteiger partial charge in [0.1, 0.15) is 16.8 Å². The van der Waals surface area contributed by atoms with Gasteiger partial charge in [-0.15, -0.1) is 6.58 Å². The number of nitrogens with one attached hydrogen (secondary N) is 1. The van der Waals surface area contributed by atoms with Crippen LogP contribution in [0.25, 0.3) is 0 Å². The summed E-state index contributed by atoms with van der Waals surface area (Å²) in [6.07, 6.45) is 1.50. The molecule has 0 bridgehead atoms. The van der Waals surface area contributed by atoms with E-state index in [2.05, 4.69) is 16.9 Å². The minimum Gasteiger partial charge on any atom is -0.462 e. The molecule has 9 heteroatoms. The summed E-state index contributed by atoms with van der Waals surface area (Å²) < 4.78 is 19.0. The lowest BCUT2D eigenvalue weighted by atomic mass is 10.2. The molecule has 7 nitrogen and oxygen atoms in total. The van der Waals surface area contributed by atoms with Crippen molar-refractivity contribution in [2.75, 3.05) is 18.5 Å². The van der Waals surface area contributed by atoms with Crippen LogP contribution in [0.4, 0.5) is 15.8 Å². The molecule has 1 saturated heterocycles. The second-order valence-corrected chi connectivity index (χ2v) is 7.91. The molecule has 0 aromatic heterocycles. The molecule has 0 aliphatic carbocycles. The largest absolute Gasteiger partial charge is 0.462 e. The van der Waals surface area contributed by atoms with E-state index in [0.717, 1.165) is 11.8 Å². The van der Waals surface area contributed by atoms with Crippen LogP contribution in [0.3, 0.4) is 0 Å². The Morgan fingerprint density at radius 2 is 2.00 bits per heavy atom. The fourth-order valence-corrected chi connectivity index (χ4v) is 4.02. The number of carbonyl (C=O) groups excluding carboxylic acids is 3. The minimum absolute atomic E-state index is 0.0401. The number of amides is 2. The molecular weight excluding hydrogens is 433 g/mol. The van der Waals surface area contributed by atoms with Crippen molar-refractivity contribution in [3.63, 3.8) is 0 Å². The highest BCUT2D eigenvalue weighted by Gasteiger charge is 2.35. The summed E-state index contributed by atoms with van der Waals surface area (Å²) in [5.41, 5.74) is 0.913. The molecule has 2 amide bonds. The van der Waals surface area contributed by atoms with E-state index in [0.29, 0.717) is 11.3 Å². The summed E-state index contributed by atoms with van der Waals surface area (Å²) in [5, 5.41) is 2.22. The van der Waals surface area contributed by atoms with E-state index in [1.165, 1.54) is 17.0 Å². The third-order valence-corrected chi connectivity index (χ3v) is 5.66. The van der Waals surface area contributed by atoms with Gasteiger partial charge in [0.05, 0.1) is 12.2 Å². The zero-order valence-corrected chi connectivity index (χ0v) is 18.2. The molecule has 3 rings (SSSR count). The first-order valence-corrected chi connectivity index (χ1v) is 10.8. The highest BCUT2D eigenvalue weighted by atomic mass is 32.2. The van der Waals surface area contributed by atoms with Gasteiger partial charge in [0.2, 0.25) is 11.8 Å². The van der Waals surface area contributed by atoms with Gasteiger partial charge in [-0.1, -0.05) is 30.0 Å². The highest BCUT2D eigenvalue weighted by Crippen LogP contribution is 2.30. The van der Waals surface area contributed by atoms with Crippen molar-refractivity contribution in [3.05, 3.63) is 72.6 Å². The van der Waals surface area contributed by atoms with E-state index in [-0.39, 0.29) is 36.3 Å². The van der Waals surface area contributed by atoms with Gasteiger partial charge in [0.15, 0.2) is 5.17 Å². The number of para-hydroxylation sites is 1. The molecule has 1 heterocycles. The Bertz CT molecular complexity index is 1060. The number of ether oxygens (including phenoxy) is 1. The molecule has 1 atom stereocenters. The van der Waals surface area contributed by atoms with Crippen LogP contribution < -0.4 is 5.32 Å². The number of aliphatic imine (C=N–C) groups is 1. The van der Waals surface area contributed by atoms with Crippen LogP contribution in [0.2, 0.25) is 0 Å². The van der Waals surface area contributed by atoms with Gasteiger partial charge < -0.3 is 10.1 Å². The fraction of sp³-hybridized carbons (Fsp3) is 0.217. The predicted molar refractivity (Wildman–Crippen MR) is 122 cm³/mol. The highest BCUT2D eigenvalue weighted by molar-refractivity contribution is 8.15. The lowest BCUT2D eigenvalue weighted by Crippen LogP contribution is -2.45. The molecule has 1 aliphatic rings. The number of thioether (sulfide) groups is 1. The molecule has 2 aromatic rings. The molecule has 2 aromatic carbocycles. The van der Waals surface area contributed by atoms with E-state index < -0.39 is 22.9 Å². The summed E-state index contributed by atoms with van der Waals surface area (Å²) in [4.78, 5) is 42.9. The Morgan fingerprint density at radius 3 is 2.66 bits per heavy atom.